The second kappa shape index (κ2) is 10.9. The van der Waals surface area contributed by atoms with Crippen molar-refractivity contribution in [3.63, 3.8) is 0 Å². The molecule has 0 aliphatic heterocycles. The quantitative estimate of drug-likeness (QED) is 0.213. The lowest BCUT2D eigenvalue weighted by Crippen LogP contribution is -2.01. The third kappa shape index (κ3) is 7.14. The Balaban J connectivity index is 2.23. The Kier molecular flexibility index (Phi) is 9.42. The summed E-state index contributed by atoms with van der Waals surface area (Å²) in [5.74, 6) is 0.182. The number of nitro groups is 1. The average Bonchev–Trinajstić information content (AvgIpc) is 2.46. The summed E-state index contributed by atoms with van der Waals surface area (Å²) < 4.78 is 5.49. The molecule has 0 radical (unpaired) electrons. The van der Waals surface area contributed by atoms with E-state index in [1.807, 2.05) is 0 Å². The van der Waals surface area contributed by atoms with Gasteiger partial charge in [-0.3, -0.25) is 10.1 Å². The largest absolute Gasteiger partial charge is 0.486 e. The van der Waals surface area contributed by atoms with Gasteiger partial charge in [-0.25, -0.2) is 0 Å². The highest BCUT2D eigenvalue weighted by atomic mass is 79.9. The van der Waals surface area contributed by atoms with Gasteiger partial charge in [-0.1, -0.05) is 65.7 Å². The van der Waals surface area contributed by atoms with Crippen LogP contribution in [0.4, 0.5) is 5.69 Å². The minimum atomic E-state index is -0.467. The van der Waals surface area contributed by atoms with E-state index >= 15 is 0 Å². The highest BCUT2D eigenvalue weighted by Gasteiger charge is 2.17. The molecule has 0 fully saturated rings. The fourth-order valence-corrected chi connectivity index (χ4v) is 2.66. The second-order valence-corrected chi connectivity index (χ2v) is 6.06. The monoisotopic (exact) mass is 377 g/mol. The van der Waals surface area contributed by atoms with Crippen LogP contribution in [0.15, 0.2) is 18.2 Å². The molecule has 1 aromatic carbocycles. The molecule has 0 N–H and O–H groups in total. The van der Waals surface area contributed by atoms with Gasteiger partial charge < -0.3 is 4.74 Å². The van der Waals surface area contributed by atoms with Crippen molar-refractivity contribution < 1.29 is 9.66 Å². The molecule has 1 aromatic rings. The first kappa shape index (κ1) is 18.2. The Morgan fingerprint density at radius 2 is 1.71 bits per heavy atom. The lowest BCUT2D eigenvalue weighted by molar-refractivity contribution is -0.385. The van der Waals surface area contributed by atoms with Gasteiger partial charge in [0.2, 0.25) is 5.75 Å². The van der Waals surface area contributed by atoms with E-state index in [9.17, 15) is 10.1 Å². The number of nitrogens with zero attached hydrogens (tertiary/aromatic N) is 1. The molecule has 0 aliphatic carbocycles. The van der Waals surface area contributed by atoms with E-state index < -0.39 is 4.92 Å². The number of benzene rings is 1. The zero-order valence-electron chi connectivity index (χ0n) is 12.0. The minimum absolute atomic E-state index is 0.0720. The predicted octanol–water partition coefficient (Wildman–Crippen LogP) is 5.75. The third-order valence-electron chi connectivity index (χ3n) is 3.17. The number of rotatable bonds is 11. The van der Waals surface area contributed by atoms with Crippen LogP contribution in [0, 0.1) is 10.1 Å². The molecule has 0 saturated heterocycles. The predicted molar refractivity (Wildman–Crippen MR) is 89.7 cm³/mol. The van der Waals surface area contributed by atoms with Crippen LogP contribution in [0.1, 0.15) is 44.9 Å². The maximum atomic E-state index is 10.9. The number of ether oxygens (including phenoxy) is 1. The van der Waals surface area contributed by atoms with Crippen LogP contribution in [0.2, 0.25) is 5.02 Å². The van der Waals surface area contributed by atoms with Crippen molar-refractivity contribution in [2.45, 2.75) is 44.9 Å². The molecular formula is C15H21BrClNO3. The molecule has 4 nitrogen and oxygen atoms in total. The van der Waals surface area contributed by atoms with E-state index in [1.54, 1.807) is 12.1 Å². The smallest absolute Gasteiger partial charge is 0.312 e. The van der Waals surface area contributed by atoms with Crippen molar-refractivity contribution in [2.24, 2.45) is 0 Å². The zero-order valence-corrected chi connectivity index (χ0v) is 14.4. The van der Waals surface area contributed by atoms with Gasteiger partial charge >= 0.3 is 5.69 Å². The van der Waals surface area contributed by atoms with Gasteiger partial charge in [0.1, 0.15) is 0 Å². The topological polar surface area (TPSA) is 52.4 Å². The number of hydrogen-bond acceptors (Lipinski definition) is 3. The average molecular weight is 379 g/mol. The van der Waals surface area contributed by atoms with Crippen LogP contribution in [-0.4, -0.2) is 16.9 Å². The SMILES string of the molecule is O=[N+]([O-])c1cccc(Cl)c1OCCCCCCCCCBr. The summed E-state index contributed by atoms with van der Waals surface area (Å²) >= 11 is 9.37. The fourth-order valence-electron chi connectivity index (χ4n) is 2.04. The van der Waals surface area contributed by atoms with Gasteiger partial charge in [0.05, 0.1) is 16.6 Å². The molecule has 0 saturated carbocycles. The Morgan fingerprint density at radius 1 is 1.10 bits per heavy atom. The summed E-state index contributed by atoms with van der Waals surface area (Å²) in [4.78, 5) is 10.4. The maximum absolute atomic E-state index is 10.9. The second-order valence-electron chi connectivity index (χ2n) is 4.86. The van der Waals surface area contributed by atoms with Crippen molar-refractivity contribution >= 4 is 33.2 Å². The van der Waals surface area contributed by atoms with E-state index in [0.717, 1.165) is 18.2 Å². The standard InChI is InChI=1S/C15H21BrClNO3/c16-11-6-4-2-1-3-5-7-12-21-15-13(17)9-8-10-14(15)18(19)20/h8-10H,1-7,11-12H2. The number of halogens is 2. The number of unbranched alkanes of at least 4 members (excludes halogenated alkanes) is 6. The molecule has 6 heteroatoms. The lowest BCUT2D eigenvalue weighted by atomic mass is 10.1. The maximum Gasteiger partial charge on any atom is 0.312 e. The van der Waals surface area contributed by atoms with Crippen molar-refractivity contribution in [3.8, 4) is 5.75 Å². The molecule has 0 aliphatic rings. The summed E-state index contributed by atoms with van der Waals surface area (Å²) in [6.07, 6.45) is 8.15. The molecule has 0 bridgehead atoms. The summed E-state index contributed by atoms with van der Waals surface area (Å²) in [6, 6.07) is 4.57. The van der Waals surface area contributed by atoms with Gasteiger partial charge in [-0.15, -0.1) is 0 Å². The minimum Gasteiger partial charge on any atom is -0.486 e. The van der Waals surface area contributed by atoms with Crippen LogP contribution in [-0.2, 0) is 0 Å². The van der Waals surface area contributed by atoms with Crippen LogP contribution >= 0.6 is 27.5 Å². The molecule has 118 valence electrons. The normalized spacial score (nSPS) is 10.6. The van der Waals surface area contributed by atoms with Gasteiger partial charge in [-0.2, -0.15) is 0 Å². The Bertz CT molecular complexity index is 443. The first-order chi connectivity index (χ1) is 10.2. The molecule has 21 heavy (non-hydrogen) atoms. The Hall–Kier alpha value is -0.810. The van der Waals surface area contributed by atoms with E-state index in [2.05, 4.69) is 15.9 Å². The first-order valence-electron chi connectivity index (χ1n) is 7.28. The summed E-state index contributed by atoms with van der Waals surface area (Å²) in [5, 5.41) is 12.3. The van der Waals surface area contributed by atoms with Crippen LogP contribution in [0.25, 0.3) is 0 Å². The highest BCUT2D eigenvalue weighted by molar-refractivity contribution is 9.09. The third-order valence-corrected chi connectivity index (χ3v) is 4.03. The number of para-hydroxylation sites is 1. The first-order valence-corrected chi connectivity index (χ1v) is 8.78. The molecule has 0 heterocycles. The van der Waals surface area contributed by atoms with Crippen molar-refractivity contribution in [1.82, 2.24) is 0 Å². The number of nitro benzene ring substituents is 1. The zero-order chi connectivity index (χ0) is 15.5. The fraction of sp³-hybridized carbons (Fsp3) is 0.600. The van der Waals surface area contributed by atoms with Gasteiger partial charge in [-0.05, 0) is 18.9 Å². The lowest BCUT2D eigenvalue weighted by Gasteiger charge is -2.08. The molecule has 0 spiro atoms. The van der Waals surface area contributed by atoms with E-state index in [1.165, 1.54) is 38.2 Å². The van der Waals surface area contributed by atoms with E-state index in [-0.39, 0.29) is 11.4 Å². The van der Waals surface area contributed by atoms with E-state index in [0.29, 0.717) is 11.6 Å². The summed E-state index contributed by atoms with van der Waals surface area (Å²) in [5.41, 5.74) is -0.0720. The van der Waals surface area contributed by atoms with Gasteiger partial charge in [0.15, 0.2) is 0 Å². The molecule has 0 amide bonds. The molecule has 0 aromatic heterocycles. The van der Waals surface area contributed by atoms with Crippen molar-refractivity contribution in [1.29, 1.82) is 0 Å². The summed E-state index contributed by atoms with van der Waals surface area (Å²) in [6.45, 7) is 0.464. The highest BCUT2D eigenvalue weighted by Crippen LogP contribution is 2.34. The number of hydrogen-bond donors (Lipinski definition) is 0. The van der Waals surface area contributed by atoms with Crippen molar-refractivity contribution in [2.75, 3.05) is 11.9 Å². The van der Waals surface area contributed by atoms with Gasteiger partial charge in [0, 0.05) is 11.4 Å². The summed E-state index contributed by atoms with van der Waals surface area (Å²) in [7, 11) is 0. The number of alkyl halides is 1. The van der Waals surface area contributed by atoms with Crippen LogP contribution in [0.3, 0.4) is 0 Å². The Morgan fingerprint density at radius 3 is 2.33 bits per heavy atom. The van der Waals surface area contributed by atoms with Crippen LogP contribution < -0.4 is 4.74 Å². The molecular weight excluding hydrogens is 358 g/mol. The van der Waals surface area contributed by atoms with Crippen molar-refractivity contribution in [3.05, 3.63) is 33.3 Å². The van der Waals surface area contributed by atoms with Crippen LogP contribution in [0.5, 0.6) is 5.75 Å². The van der Waals surface area contributed by atoms with Gasteiger partial charge in [0.25, 0.3) is 0 Å². The molecule has 0 unspecified atom stereocenters. The Labute approximate surface area is 139 Å². The molecule has 1 rings (SSSR count). The van der Waals surface area contributed by atoms with E-state index in [4.69, 9.17) is 16.3 Å². The molecule has 0 atom stereocenters.